The number of nitrogens with one attached hydrogen (secondary N) is 2. The van der Waals surface area contributed by atoms with Crippen molar-refractivity contribution in [2.45, 2.75) is 12.8 Å². The Bertz CT molecular complexity index is 806. The monoisotopic (exact) mass is 366 g/mol. The second kappa shape index (κ2) is 8.48. The van der Waals surface area contributed by atoms with E-state index in [1.54, 1.807) is 24.3 Å². The number of hydrogen-bond donors (Lipinski definition) is 2. The molecule has 0 atom stereocenters. The number of carbonyl (C=O) groups excluding carboxylic acids is 1. The maximum atomic E-state index is 12.8. The molecule has 2 aromatic carbocycles. The van der Waals surface area contributed by atoms with Gasteiger partial charge in [-0.05, 0) is 55.0 Å². The van der Waals surface area contributed by atoms with E-state index in [0.717, 1.165) is 6.26 Å². The predicted molar refractivity (Wildman–Crippen MR) is 94.7 cm³/mol. The first-order valence-electron chi connectivity index (χ1n) is 7.58. The average Bonchev–Trinajstić information content (AvgIpc) is 2.54. The standard InChI is InChI=1S/C17H19FN2O4S/c1-25(22,23)20-15-8-6-14(7-9-15)19-17(21)3-2-12-24-16-10-4-13(18)5-11-16/h4-11,20H,2-3,12H2,1H3,(H,19,21). The summed E-state index contributed by atoms with van der Waals surface area (Å²) in [5, 5.41) is 2.72. The van der Waals surface area contributed by atoms with Crippen LogP contribution in [0.5, 0.6) is 5.75 Å². The van der Waals surface area contributed by atoms with E-state index in [1.165, 1.54) is 24.3 Å². The Morgan fingerprint density at radius 3 is 2.24 bits per heavy atom. The van der Waals surface area contributed by atoms with Crippen LogP contribution in [0.4, 0.5) is 15.8 Å². The second-order valence-electron chi connectivity index (χ2n) is 5.41. The van der Waals surface area contributed by atoms with Gasteiger partial charge in [0.05, 0.1) is 12.9 Å². The van der Waals surface area contributed by atoms with Crippen LogP contribution in [0, 0.1) is 5.82 Å². The largest absolute Gasteiger partial charge is 0.494 e. The molecule has 0 saturated heterocycles. The van der Waals surface area contributed by atoms with Crippen molar-refractivity contribution < 1.29 is 22.3 Å². The zero-order valence-electron chi connectivity index (χ0n) is 13.7. The molecule has 134 valence electrons. The molecule has 0 aliphatic rings. The van der Waals surface area contributed by atoms with Crippen molar-refractivity contribution in [2.75, 3.05) is 22.9 Å². The summed E-state index contributed by atoms with van der Waals surface area (Å²) in [4.78, 5) is 11.9. The third-order valence-electron chi connectivity index (χ3n) is 3.10. The van der Waals surface area contributed by atoms with E-state index < -0.39 is 10.0 Å². The normalized spacial score (nSPS) is 11.0. The highest BCUT2D eigenvalue weighted by molar-refractivity contribution is 7.92. The van der Waals surface area contributed by atoms with Gasteiger partial charge in [0.2, 0.25) is 15.9 Å². The van der Waals surface area contributed by atoms with Gasteiger partial charge < -0.3 is 10.1 Å². The molecular weight excluding hydrogens is 347 g/mol. The third-order valence-corrected chi connectivity index (χ3v) is 3.71. The first kappa shape index (κ1) is 18.7. The van der Waals surface area contributed by atoms with Crippen molar-refractivity contribution in [3.05, 3.63) is 54.3 Å². The van der Waals surface area contributed by atoms with Crippen molar-refractivity contribution in [2.24, 2.45) is 0 Å². The fourth-order valence-corrected chi connectivity index (χ4v) is 2.58. The summed E-state index contributed by atoms with van der Waals surface area (Å²) < 4.78 is 42.7. The molecule has 0 aromatic heterocycles. The van der Waals surface area contributed by atoms with Gasteiger partial charge in [0.15, 0.2) is 0 Å². The Morgan fingerprint density at radius 2 is 1.64 bits per heavy atom. The fourth-order valence-electron chi connectivity index (χ4n) is 2.01. The molecule has 8 heteroatoms. The minimum Gasteiger partial charge on any atom is -0.494 e. The molecule has 2 rings (SSSR count). The van der Waals surface area contributed by atoms with Crippen LogP contribution in [-0.4, -0.2) is 27.2 Å². The van der Waals surface area contributed by atoms with E-state index in [1.807, 2.05) is 0 Å². The van der Waals surface area contributed by atoms with Crippen LogP contribution in [0.25, 0.3) is 0 Å². The van der Waals surface area contributed by atoms with Crippen molar-refractivity contribution in [1.82, 2.24) is 0 Å². The molecule has 0 unspecified atom stereocenters. The lowest BCUT2D eigenvalue weighted by molar-refractivity contribution is -0.116. The van der Waals surface area contributed by atoms with Gasteiger partial charge in [-0.25, -0.2) is 12.8 Å². The molecule has 0 spiro atoms. The Hall–Kier alpha value is -2.61. The van der Waals surface area contributed by atoms with Crippen LogP contribution < -0.4 is 14.8 Å². The topological polar surface area (TPSA) is 84.5 Å². The van der Waals surface area contributed by atoms with Crippen molar-refractivity contribution >= 4 is 27.3 Å². The highest BCUT2D eigenvalue weighted by Gasteiger charge is 2.05. The van der Waals surface area contributed by atoms with Gasteiger partial charge in [0.25, 0.3) is 0 Å². The first-order valence-corrected chi connectivity index (χ1v) is 9.47. The molecule has 2 N–H and O–H groups in total. The Labute approximate surface area is 146 Å². The van der Waals surface area contributed by atoms with Gasteiger partial charge >= 0.3 is 0 Å². The summed E-state index contributed by atoms with van der Waals surface area (Å²) in [6, 6.07) is 12.0. The Kier molecular flexibility index (Phi) is 6.35. The predicted octanol–water partition coefficient (Wildman–Crippen LogP) is 2.99. The number of amides is 1. The zero-order chi connectivity index (χ0) is 18.3. The van der Waals surface area contributed by atoms with Crippen LogP contribution in [0.2, 0.25) is 0 Å². The summed E-state index contributed by atoms with van der Waals surface area (Å²) in [5.74, 6) is 0.0479. The van der Waals surface area contributed by atoms with Gasteiger partial charge in [0.1, 0.15) is 11.6 Å². The van der Waals surface area contributed by atoms with Gasteiger partial charge in [0, 0.05) is 17.8 Å². The first-order chi connectivity index (χ1) is 11.8. The quantitative estimate of drug-likeness (QED) is 0.704. The molecule has 0 aliphatic carbocycles. The molecule has 0 fully saturated rings. The molecule has 0 saturated carbocycles. The van der Waals surface area contributed by atoms with Crippen LogP contribution in [0.3, 0.4) is 0 Å². The van der Waals surface area contributed by atoms with E-state index >= 15 is 0 Å². The van der Waals surface area contributed by atoms with Gasteiger partial charge in [-0.15, -0.1) is 0 Å². The average molecular weight is 366 g/mol. The highest BCUT2D eigenvalue weighted by Crippen LogP contribution is 2.15. The molecule has 2 aromatic rings. The van der Waals surface area contributed by atoms with Crippen molar-refractivity contribution in [1.29, 1.82) is 0 Å². The van der Waals surface area contributed by atoms with Gasteiger partial charge in [-0.3, -0.25) is 9.52 Å². The highest BCUT2D eigenvalue weighted by atomic mass is 32.2. The minimum absolute atomic E-state index is 0.175. The van der Waals surface area contributed by atoms with Crippen LogP contribution in [-0.2, 0) is 14.8 Å². The lowest BCUT2D eigenvalue weighted by Crippen LogP contribution is -2.13. The van der Waals surface area contributed by atoms with Crippen molar-refractivity contribution in [3.8, 4) is 5.75 Å². The third kappa shape index (κ3) is 7.21. The minimum atomic E-state index is -3.33. The van der Waals surface area contributed by atoms with E-state index in [9.17, 15) is 17.6 Å². The second-order valence-corrected chi connectivity index (χ2v) is 7.15. The van der Waals surface area contributed by atoms with E-state index in [2.05, 4.69) is 10.0 Å². The molecule has 0 bridgehead atoms. The lowest BCUT2D eigenvalue weighted by atomic mass is 10.2. The molecular formula is C17H19FN2O4S. The zero-order valence-corrected chi connectivity index (χ0v) is 14.5. The fraction of sp³-hybridized carbons (Fsp3) is 0.235. The molecule has 1 amide bonds. The SMILES string of the molecule is CS(=O)(=O)Nc1ccc(NC(=O)CCCOc2ccc(F)cc2)cc1. The number of benzene rings is 2. The lowest BCUT2D eigenvalue weighted by Gasteiger charge is -2.08. The number of hydrogen-bond acceptors (Lipinski definition) is 4. The number of ether oxygens (including phenoxy) is 1. The van der Waals surface area contributed by atoms with Crippen LogP contribution >= 0.6 is 0 Å². The number of anilines is 2. The number of rotatable bonds is 8. The molecule has 0 radical (unpaired) electrons. The summed E-state index contributed by atoms with van der Waals surface area (Å²) >= 11 is 0. The smallest absolute Gasteiger partial charge is 0.229 e. The molecule has 6 nitrogen and oxygen atoms in total. The van der Waals surface area contributed by atoms with Crippen LogP contribution in [0.15, 0.2) is 48.5 Å². The maximum absolute atomic E-state index is 12.8. The van der Waals surface area contributed by atoms with Crippen LogP contribution in [0.1, 0.15) is 12.8 Å². The molecule has 0 aliphatic heterocycles. The molecule has 0 heterocycles. The summed E-state index contributed by atoms with van der Waals surface area (Å²) in [6.07, 6.45) is 1.85. The van der Waals surface area contributed by atoms with Gasteiger partial charge in [-0.2, -0.15) is 0 Å². The van der Waals surface area contributed by atoms with E-state index in [-0.39, 0.29) is 18.1 Å². The summed E-state index contributed by atoms with van der Waals surface area (Å²) in [5.41, 5.74) is 0.997. The summed E-state index contributed by atoms with van der Waals surface area (Å²) in [6.45, 7) is 0.344. The number of sulfonamides is 1. The Balaban J connectivity index is 1.72. The number of carbonyl (C=O) groups is 1. The summed E-state index contributed by atoms with van der Waals surface area (Å²) in [7, 11) is -3.33. The molecule has 25 heavy (non-hydrogen) atoms. The maximum Gasteiger partial charge on any atom is 0.229 e. The number of halogens is 1. The van der Waals surface area contributed by atoms with Gasteiger partial charge in [-0.1, -0.05) is 0 Å². The Morgan fingerprint density at radius 1 is 1.04 bits per heavy atom. The van der Waals surface area contributed by atoms with E-state index in [4.69, 9.17) is 4.74 Å². The van der Waals surface area contributed by atoms with E-state index in [0.29, 0.717) is 30.2 Å². The van der Waals surface area contributed by atoms with Crippen molar-refractivity contribution in [3.63, 3.8) is 0 Å².